The summed E-state index contributed by atoms with van der Waals surface area (Å²) >= 11 is 0. The molecule has 0 bridgehead atoms. The maximum atomic E-state index is 12.1. The van der Waals surface area contributed by atoms with Crippen LogP contribution >= 0.6 is 0 Å². The zero-order chi connectivity index (χ0) is 18.1. The smallest absolute Gasteiger partial charge is 0.265 e. The number of nitrogens with zero attached hydrogens (tertiary/aromatic N) is 1. The number of fused-ring (bicyclic) bond motifs is 1. The molecule has 25 heavy (non-hydrogen) atoms. The average molecular weight is 380 g/mol. The van der Waals surface area contributed by atoms with E-state index < -0.39 is 20.1 Å². The van der Waals surface area contributed by atoms with Gasteiger partial charge in [-0.25, -0.2) is 8.42 Å². The zero-order valence-corrected chi connectivity index (χ0v) is 15.0. The number of amidine groups is 1. The van der Waals surface area contributed by atoms with E-state index in [2.05, 4.69) is 9.71 Å². The molecule has 1 aliphatic rings. The minimum absolute atomic E-state index is 0.00270. The predicted molar refractivity (Wildman–Crippen MR) is 92.5 cm³/mol. The maximum Gasteiger partial charge on any atom is 0.297 e. The molecule has 1 N–H and O–H groups in total. The molecule has 2 aromatic carbocycles. The molecular formula is C16H16N2O5S2. The molecule has 0 aliphatic carbocycles. The van der Waals surface area contributed by atoms with Crippen molar-refractivity contribution in [1.29, 1.82) is 0 Å². The van der Waals surface area contributed by atoms with Crippen LogP contribution in [0.15, 0.2) is 63.3 Å². The van der Waals surface area contributed by atoms with Gasteiger partial charge in [0.2, 0.25) is 0 Å². The molecule has 0 atom stereocenters. The highest BCUT2D eigenvalue weighted by atomic mass is 32.2. The van der Waals surface area contributed by atoms with Crippen molar-refractivity contribution in [3.8, 4) is 0 Å². The highest BCUT2D eigenvalue weighted by Crippen LogP contribution is 2.22. The summed E-state index contributed by atoms with van der Waals surface area (Å²) in [5, 5.41) is 0. The highest BCUT2D eigenvalue weighted by molar-refractivity contribution is 7.90. The lowest BCUT2D eigenvalue weighted by Gasteiger charge is -2.05. The number of aliphatic imine (C=N–C) groups is 1. The van der Waals surface area contributed by atoms with Crippen molar-refractivity contribution >= 4 is 26.0 Å². The Balaban J connectivity index is 1.68. The molecular weight excluding hydrogens is 364 g/mol. The minimum atomic E-state index is -3.86. The Morgan fingerprint density at radius 1 is 1.08 bits per heavy atom. The van der Waals surface area contributed by atoms with Gasteiger partial charge < -0.3 is 0 Å². The van der Waals surface area contributed by atoms with Crippen LogP contribution in [0.3, 0.4) is 0 Å². The van der Waals surface area contributed by atoms with Gasteiger partial charge in [0.15, 0.2) is 0 Å². The number of benzene rings is 2. The van der Waals surface area contributed by atoms with E-state index in [4.69, 9.17) is 4.18 Å². The molecule has 132 valence electrons. The van der Waals surface area contributed by atoms with E-state index in [1.165, 1.54) is 18.2 Å². The van der Waals surface area contributed by atoms with Crippen molar-refractivity contribution < 1.29 is 21.0 Å². The lowest BCUT2D eigenvalue weighted by molar-refractivity contribution is 0.328. The fourth-order valence-corrected chi connectivity index (χ4v) is 4.48. The standard InChI is InChI=1S/C16H16N2O5S2/c1-12-6-8-13(9-7-12)25(21,22)23-11-10-17-16-14-4-2-3-5-15(14)24(19,20)18-16/h2-9H,10-11H2,1H3,(H,17,18). The summed E-state index contributed by atoms with van der Waals surface area (Å²) in [7, 11) is -7.47. The van der Waals surface area contributed by atoms with E-state index in [0.717, 1.165) is 5.56 Å². The van der Waals surface area contributed by atoms with E-state index >= 15 is 0 Å². The van der Waals surface area contributed by atoms with Crippen molar-refractivity contribution in [2.24, 2.45) is 4.99 Å². The number of nitrogens with one attached hydrogen (secondary N) is 1. The van der Waals surface area contributed by atoms with Crippen molar-refractivity contribution in [3.63, 3.8) is 0 Å². The van der Waals surface area contributed by atoms with Gasteiger partial charge in [-0.1, -0.05) is 29.8 Å². The Morgan fingerprint density at radius 3 is 2.48 bits per heavy atom. The fourth-order valence-electron chi connectivity index (χ4n) is 2.33. The SMILES string of the molecule is Cc1ccc(S(=O)(=O)OCCN=C2NS(=O)(=O)c3ccccc32)cc1. The van der Waals surface area contributed by atoms with Gasteiger partial charge in [-0.2, -0.15) is 8.42 Å². The van der Waals surface area contributed by atoms with Gasteiger partial charge in [0.1, 0.15) is 5.84 Å². The largest absolute Gasteiger partial charge is 0.297 e. The molecule has 1 heterocycles. The van der Waals surface area contributed by atoms with Crippen molar-refractivity contribution in [1.82, 2.24) is 4.72 Å². The summed E-state index contributed by atoms with van der Waals surface area (Å²) in [5.41, 5.74) is 1.40. The molecule has 9 heteroatoms. The lowest BCUT2D eigenvalue weighted by atomic mass is 10.2. The average Bonchev–Trinajstić information content (AvgIpc) is 2.83. The molecule has 0 spiro atoms. The molecule has 7 nitrogen and oxygen atoms in total. The number of aryl methyl sites for hydroxylation is 1. The molecule has 0 saturated carbocycles. The molecule has 0 amide bonds. The first-order valence-corrected chi connectivity index (χ1v) is 10.3. The third-order valence-electron chi connectivity index (χ3n) is 3.57. The van der Waals surface area contributed by atoms with Crippen LogP contribution in [0.2, 0.25) is 0 Å². The van der Waals surface area contributed by atoms with E-state index in [1.54, 1.807) is 30.3 Å². The van der Waals surface area contributed by atoms with E-state index in [1.807, 2.05) is 6.92 Å². The van der Waals surface area contributed by atoms with Crippen LogP contribution < -0.4 is 4.72 Å². The lowest BCUT2D eigenvalue weighted by Crippen LogP contribution is -2.23. The highest BCUT2D eigenvalue weighted by Gasteiger charge is 2.29. The minimum Gasteiger partial charge on any atom is -0.265 e. The second kappa shape index (κ2) is 6.58. The molecule has 1 aliphatic heterocycles. The first-order chi connectivity index (χ1) is 11.8. The van der Waals surface area contributed by atoms with E-state index in [-0.39, 0.29) is 28.8 Å². The van der Waals surface area contributed by atoms with Crippen LogP contribution in [0.1, 0.15) is 11.1 Å². The van der Waals surface area contributed by atoms with Gasteiger partial charge in [0.25, 0.3) is 20.1 Å². The monoisotopic (exact) mass is 380 g/mol. The van der Waals surface area contributed by atoms with E-state index in [9.17, 15) is 16.8 Å². The summed E-state index contributed by atoms with van der Waals surface area (Å²) in [4.78, 5) is 4.33. The van der Waals surface area contributed by atoms with Crippen LogP contribution in [0.4, 0.5) is 0 Å². The van der Waals surface area contributed by atoms with Crippen LogP contribution in [-0.2, 0) is 24.3 Å². The quantitative estimate of drug-likeness (QED) is 0.625. The summed E-state index contributed by atoms with van der Waals surface area (Å²) in [5.74, 6) is 0.187. The molecule has 2 aromatic rings. The van der Waals surface area contributed by atoms with Gasteiger partial charge in [0, 0.05) is 5.56 Å². The molecule has 3 rings (SSSR count). The first kappa shape index (κ1) is 17.6. The van der Waals surface area contributed by atoms with Gasteiger partial charge in [-0.05, 0) is 31.2 Å². The van der Waals surface area contributed by atoms with Crippen LogP contribution in [-0.4, -0.2) is 35.8 Å². The van der Waals surface area contributed by atoms with Crippen LogP contribution in [0, 0.1) is 6.92 Å². The summed E-state index contributed by atoms with van der Waals surface area (Å²) in [6.45, 7) is 1.66. The predicted octanol–water partition coefficient (Wildman–Crippen LogP) is 1.44. The number of sulfonamides is 1. The second-order valence-electron chi connectivity index (χ2n) is 5.42. The third-order valence-corrected chi connectivity index (χ3v) is 6.30. The first-order valence-electron chi connectivity index (χ1n) is 7.42. The summed E-state index contributed by atoms with van der Waals surface area (Å²) < 4.78 is 55.3. The van der Waals surface area contributed by atoms with Crippen molar-refractivity contribution in [2.45, 2.75) is 16.7 Å². The molecule has 0 saturated heterocycles. The second-order valence-corrected chi connectivity index (χ2v) is 8.69. The Labute approximate surface area is 146 Å². The van der Waals surface area contributed by atoms with Gasteiger partial charge in [-0.3, -0.25) is 13.9 Å². The molecule has 0 aromatic heterocycles. The Kier molecular flexibility index (Phi) is 4.63. The fraction of sp³-hybridized carbons (Fsp3) is 0.188. The Bertz CT molecular complexity index is 1030. The number of hydrogen-bond acceptors (Lipinski definition) is 6. The third kappa shape index (κ3) is 3.73. The Morgan fingerprint density at radius 2 is 1.76 bits per heavy atom. The van der Waals surface area contributed by atoms with Crippen LogP contribution in [0.5, 0.6) is 0 Å². The topological polar surface area (TPSA) is 102 Å². The molecule has 0 unspecified atom stereocenters. The summed E-state index contributed by atoms with van der Waals surface area (Å²) in [6.07, 6.45) is 0. The van der Waals surface area contributed by atoms with Gasteiger partial charge >= 0.3 is 0 Å². The van der Waals surface area contributed by atoms with Crippen molar-refractivity contribution in [2.75, 3.05) is 13.2 Å². The maximum absolute atomic E-state index is 12.1. The zero-order valence-electron chi connectivity index (χ0n) is 13.3. The van der Waals surface area contributed by atoms with Crippen LogP contribution in [0.25, 0.3) is 0 Å². The summed E-state index contributed by atoms with van der Waals surface area (Å²) in [6, 6.07) is 12.7. The number of hydrogen-bond donors (Lipinski definition) is 1. The van der Waals surface area contributed by atoms with Crippen molar-refractivity contribution in [3.05, 3.63) is 59.7 Å². The van der Waals surface area contributed by atoms with E-state index in [0.29, 0.717) is 5.56 Å². The Hall–Kier alpha value is -2.23. The molecule has 0 fully saturated rings. The van der Waals surface area contributed by atoms with Gasteiger partial charge in [0.05, 0.1) is 22.9 Å². The number of rotatable bonds is 5. The molecule has 0 radical (unpaired) electrons. The van der Waals surface area contributed by atoms with Gasteiger partial charge in [-0.15, -0.1) is 0 Å². The normalized spacial score (nSPS) is 17.2.